The first-order valence-electron chi connectivity index (χ1n) is 5.25. The Kier molecular flexibility index (Phi) is 1.69. The van der Waals surface area contributed by atoms with Crippen LogP contribution in [0, 0.1) is 0 Å². The molecule has 0 spiro atoms. The largest absolute Gasteiger partial charge is 0.378 e. The van der Waals surface area contributed by atoms with E-state index < -0.39 is 0 Å². The fourth-order valence-corrected chi connectivity index (χ4v) is 1.74. The fourth-order valence-electron chi connectivity index (χ4n) is 1.74. The highest BCUT2D eigenvalue weighted by atomic mass is 15.1. The van der Waals surface area contributed by atoms with Gasteiger partial charge in [0, 0.05) is 10.9 Å². The lowest BCUT2D eigenvalue weighted by Gasteiger charge is -2.14. The highest BCUT2D eigenvalue weighted by Crippen LogP contribution is 2.39. The van der Waals surface area contributed by atoms with Crippen molar-refractivity contribution in [1.29, 1.82) is 0 Å². The predicted molar refractivity (Wildman–Crippen MR) is 60.8 cm³/mol. The Morgan fingerprint density at radius 1 is 1.27 bits per heavy atom. The van der Waals surface area contributed by atoms with Crippen LogP contribution in [0.25, 0.3) is 10.9 Å². The molecule has 15 heavy (non-hydrogen) atoms. The zero-order chi connectivity index (χ0) is 10.3. The van der Waals surface area contributed by atoms with Crippen LogP contribution in [-0.2, 0) is 0 Å². The Morgan fingerprint density at radius 3 is 2.87 bits per heavy atom. The molecule has 1 aliphatic carbocycles. The van der Waals surface area contributed by atoms with E-state index in [-0.39, 0.29) is 5.54 Å². The summed E-state index contributed by atoms with van der Waals surface area (Å²) in [5.74, 6) is 0. The van der Waals surface area contributed by atoms with Crippen LogP contribution < -0.4 is 5.32 Å². The molecule has 2 aromatic rings. The molecule has 1 aromatic heterocycles. The Bertz CT molecular complexity index is 498. The molecule has 0 bridgehead atoms. The summed E-state index contributed by atoms with van der Waals surface area (Å²) in [6.45, 7) is 2.24. The first kappa shape index (κ1) is 8.65. The molecule has 0 saturated heterocycles. The van der Waals surface area contributed by atoms with Crippen molar-refractivity contribution in [3.63, 3.8) is 0 Å². The number of nitrogens with zero attached hydrogens (tertiary/aromatic N) is 2. The molecule has 1 N–H and O–H groups in total. The van der Waals surface area contributed by atoms with Crippen molar-refractivity contribution in [2.75, 3.05) is 5.32 Å². The van der Waals surface area contributed by atoms with Crippen LogP contribution in [0.15, 0.2) is 30.5 Å². The summed E-state index contributed by atoms with van der Waals surface area (Å²) in [4.78, 5) is 0. The van der Waals surface area contributed by atoms with Crippen LogP contribution in [0.5, 0.6) is 0 Å². The van der Waals surface area contributed by atoms with Crippen molar-refractivity contribution in [2.24, 2.45) is 0 Å². The third-order valence-electron chi connectivity index (χ3n) is 2.98. The number of benzene rings is 1. The first-order chi connectivity index (χ1) is 7.27. The van der Waals surface area contributed by atoms with Crippen LogP contribution in [0.4, 0.5) is 5.69 Å². The van der Waals surface area contributed by atoms with E-state index in [1.54, 1.807) is 0 Å². The van der Waals surface area contributed by atoms with Crippen LogP contribution in [-0.4, -0.2) is 15.7 Å². The highest BCUT2D eigenvalue weighted by molar-refractivity contribution is 5.90. The molecule has 1 aliphatic rings. The summed E-state index contributed by atoms with van der Waals surface area (Å²) < 4.78 is 0. The minimum absolute atomic E-state index is 0.284. The predicted octanol–water partition coefficient (Wildman–Crippen LogP) is 2.59. The third kappa shape index (κ3) is 1.54. The van der Waals surface area contributed by atoms with Crippen molar-refractivity contribution in [1.82, 2.24) is 10.2 Å². The lowest BCUT2D eigenvalue weighted by Crippen LogP contribution is -2.16. The molecule has 1 saturated carbocycles. The van der Waals surface area contributed by atoms with Gasteiger partial charge in [-0.15, -0.1) is 0 Å². The van der Waals surface area contributed by atoms with Gasteiger partial charge in [0.15, 0.2) is 0 Å². The van der Waals surface area contributed by atoms with Crippen LogP contribution >= 0.6 is 0 Å². The standard InChI is InChI=1S/C12H13N3/c1-12(6-7-12)14-11-8-13-15-10-5-3-2-4-9(10)11/h2-5,8H,6-7H2,1H3,(H,14,15). The van der Waals surface area contributed by atoms with E-state index in [2.05, 4.69) is 28.5 Å². The second-order valence-corrected chi connectivity index (χ2v) is 4.46. The second kappa shape index (κ2) is 2.92. The fraction of sp³-hybridized carbons (Fsp3) is 0.333. The summed E-state index contributed by atoms with van der Waals surface area (Å²) in [7, 11) is 0. The molecular formula is C12H13N3. The van der Waals surface area contributed by atoms with Crippen molar-refractivity contribution < 1.29 is 0 Å². The molecule has 3 rings (SSSR count). The van der Waals surface area contributed by atoms with Gasteiger partial charge in [0.05, 0.1) is 17.4 Å². The molecule has 0 atom stereocenters. The van der Waals surface area contributed by atoms with Crippen LogP contribution in [0.1, 0.15) is 19.8 Å². The van der Waals surface area contributed by atoms with E-state index in [1.807, 2.05) is 24.4 Å². The summed E-state index contributed by atoms with van der Waals surface area (Å²) in [6, 6.07) is 8.09. The molecule has 3 nitrogen and oxygen atoms in total. The van der Waals surface area contributed by atoms with Crippen LogP contribution in [0.3, 0.4) is 0 Å². The molecule has 0 radical (unpaired) electrons. The van der Waals surface area contributed by atoms with E-state index in [4.69, 9.17) is 0 Å². The van der Waals surface area contributed by atoms with E-state index in [0.29, 0.717) is 0 Å². The zero-order valence-corrected chi connectivity index (χ0v) is 8.70. The van der Waals surface area contributed by atoms with Gasteiger partial charge in [0.2, 0.25) is 0 Å². The van der Waals surface area contributed by atoms with Gasteiger partial charge in [-0.25, -0.2) is 0 Å². The van der Waals surface area contributed by atoms with Crippen molar-refractivity contribution in [3.05, 3.63) is 30.5 Å². The van der Waals surface area contributed by atoms with E-state index in [0.717, 1.165) is 16.6 Å². The van der Waals surface area contributed by atoms with Gasteiger partial charge >= 0.3 is 0 Å². The summed E-state index contributed by atoms with van der Waals surface area (Å²) in [6.07, 6.45) is 4.29. The van der Waals surface area contributed by atoms with Gasteiger partial charge in [-0.05, 0) is 25.8 Å². The lowest BCUT2D eigenvalue weighted by atomic mass is 10.2. The van der Waals surface area contributed by atoms with Gasteiger partial charge in [-0.2, -0.15) is 10.2 Å². The minimum atomic E-state index is 0.284. The van der Waals surface area contributed by atoms with Crippen molar-refractivity contribution in [3.8, 4) is 0 Å². The molecular weight excluding hydrogens is 186 g/mol. The lowest BCUT2D eigenvalue weighted by molar-refractivity contribution is 0.828. The molecule has 1 aromatic carbocycles. The maximum atomic E-state index is 4.10. The molecule has 0 amide bonds. The first-order valence-corrected chi connectivity index (χ1v) is 5.25. The smallest absolute Gasteiger partial charge is 0.0950 e. The molecule has 1 fully saturated rings. The molecule has 1 heterocycles. The number of nitrogens with one attached hydrogen (secondary N) is 1. The van der Waals surface area contributed by atoms with Crippen molar-refractivity contribution >= 4 is 16.6 Å². The monoisotopic (exact) mass is 199 g/mol. The van der Waals surface area contributed by atoms with Crippen LogP contribution in [0.2, 0.25) is 0 Å². The molecule has 3 heteroatoms. The van der Waals surface area contributed by atoms with Gasteiger partial charge in [-0.3, -0.25) is 0 Å². The second-order valence-electron chi connectivity index (χ2n) is 4.46. The number of fused-ring (bicyclic) bond motifs is 1. The Hall–Kier alpha value is -1.64. The average Bonchev–Trinajstić information content (AvgIpc) is 2.97. The van der Waals surface area contributed by atoms with Gasteiger partial charge in [0.25, 0.3) is 0 Å². The van der Waals surface area contributed by atoms with Gasteiger partial charge in [0.1, 0.15) is 0 Å². The maximum Gasteiger partial charge on any atom is 0.0950 e. The average molecular weight is 199 g/mol. The third-order valence-corrected chi connectivity index (χ3v) is 2.98. The molecule has 76 valence electrons. The molecule has 0 unspecified atom stereocenters. The summed E-state index contributed by atoms with van der Waals surface area (Å²) >= 11 is 0. The number of rotatable bonds is 2. The number of aromatic nitrogens is 2. The van der Waals surface area contributed by atoms with Gasteiger partial charge in [-0.1, -0.05) is 18.2 Å². The normalized spacial score (nSPS) is 17.7. The Labute approximate surface area is 88.5 Å². The van der Waals surface area contributed by atoms with E-state index in [9.17, 15) is 0 Å². The minimum Gasteiger partial charge on any atom is -0.378 e. The maximum absolute atomic E-state index is 4.10. The zero-order valence-electron chi connectivity index (χ0n) is 8.70. The highest BCUT2D eigenvalue weighted by Gasteiger charge is 2.37. The van der Waals surface area contributed by atoms with E-state index >= 15 is 0 Å². The SMILES string of the molecule is CC1(Nc2cnnc3ccccc23)CC1. The summed E-state index contributed by atoms with van der Waals surface area (Å²) in [5.41, 5.74) is 2.33. The topological polar surface area (TPSA) is 37.8 Å². The number of hydrogen-bond donors (Lipinski definition) is 1. The number of anilines is 1. The van der Waals surface area contributed by atoms with E-state index in [1.165, 1.54) is 12.8 Å². The van der Waals surface area contributed by atoms with Gasteiger partial charge < -0.3 is 5.32 Å². The quantitative estimate of drug-likeness (QED) is 0.807. The Balaban J connectivity index is 2.09. The van der Waals surface area contributed by atoms with Crippen molar-refractivity contribution in [2.45, 2.75) is 25.3 Å². The summed E-state index contributed by atoms with van der Waals surface area (Å²) in [5, 5.41) is 12.8. The Morgan fingerprint density at radius 2 is 2.07 bits per heavy atom. The molecule has 0 aliphatic heterocycles. The number of hydrogen-bond acceptors (Lipinski definition) is 3.